The Balaban J connectivity index is 1.78. The quantitative estimate of drug-likeness (QED) is 0.186. The molecule has 0 aliphatic carbocycles. The van der Waals surface area contributed by atoms with Crippen LogP contribution in [0.15, 0.2) is 52.3 Å². The minimum absolute atomic E-state index is 0.109. The average Bonchev–Trinajstić information content (AvgIpc) is 2.94. The normalized spacial score (nSPS) is 15.2. The molecule has 224 valence electrons. The Morgan fingerprint density at radius 3 is 2.54 bits per heavy atom. The van der Waals surface area contributed by atoms with Crippen molar-refractivity contribution in [2.75, 3.05) is 73.1 Å². The summed E-state index contributed by atoms with van der Waals surface area (Å²) in [5.74, 6) is 1.57. The molecule has 1 aromatic carbocycles. The van der Waals surface area contributed by atoms with E-state index in [-0.39, 0.29) is 6.61 Å². The molecule has 1 aliphatic rings. The van der Waals surface area contributed by atoms with Gasteiger partial charge in [-0.05, 0) is 89.0 Å². The lowest BCUT2D eigenvalue weighted by molar-refractivity contribution is 0.176. The van der Waals surface area contributed by atoms with Crippen LogP contribution in [0.1, 0.15) is 18.4 Å². The van der Waals surface area contributed by atoms with E-state index in [4.69, 9.17) is 32.9 Å². The highest BCUT2D eigenvalue weighted by Crippen LogP contribution is 2.29. The number of likely N-dealkylation sites (N-methyl/N-ethyl adjacent to an activating group) is 1. The zero-order chi connectivity index (χ0) is 29.5. The van der Waals surface area contributed by atoms with Crippen molar-refractivity contribution in [1.82, 2.24) is 25.4 Å². The number of benzene rings is 1. The maximum absolute atomic E-state index is 9.33. The monoisotopic (exact) mass is 603 g/mol. The number of hydrogen-bond acceptors (Lipinski definition) is 9. The summed E-state index contributed by atoms with van der Waals surface area (Å²) in [6, 6.07) is 9.43. The molecule has 2 heterocycles. The van der Waals surface area contributed by atoms with Crippen LogP contribution in [0.3, 0.4) is 0 Å². The van der Waals surface area contributed by atoms with Crippen molar-refractivity contribution >= 4 is 36.1 Å². The van der Waals surface area contributed by atoms with Gasteiger partial charge in [-0.2, -0.15) is 0 Å². The molecular weight excluding hydrogens is 561 g/mol. The summed E-state index contributed by atoms with van der Waals surface area (Å²) in [5, 5.41) is 16.9. The number of nitrogens with zero attached hydrogens (tertiary/aromatic N) is 5. The molecule has 3 N–H and O–H groups in total. The Morgan fingerprint density at radius 2 is 1.88 bits per heavy atom. The van der Waals surface area contributed by atoms with Gasteiger partial charge in [0.1, 0.15) is 0 Å². The summed E-state index contributed by atoms with van der Waals surface area (Å²) in [7, 11) is 3.93. The Morgan fingerprint density at radius 1 is 1.12 bits per heavy atom. The van der Waals surface area contributed by atoms with Crippen LogP contribution in [0.2, 0.25) is 10.0 Å². The SMILES string of the molecule is C=N/C=C(\C=NCCN(CCO)CCNC)Oc1cc(CN2CCC(CNC)CC2)cc(-c2cc(Cl)cc(Cl)c2)n1. The van der Waals surface area contributed by atoms with E-state index >= 15 is 0 Å². The highest BCUT2D eigenvalue weighted by Gasteiger charge is 2.19. The standard InChI is InChI=1S/C30H43Cl2N7O2/c1-33-6-10-38(12-13-40)11-7-36-21-28(20-35-3)41-30-15-24(22-39-8-4-23(5-9-39)19-34-2)14-29(37-30)25-16-26(31)18-27(32)17-25/h14-18,20-21,23,33-34,40H,3-13,19,22H2,1-2H3/b28-20+,36-21?. The number of aromatic nitrogens is 1. The third-order valence-corrected chi connectivity index (χ3v) is 7.36. The van der Waals surface area contributed by atoms with E-state index in [2.05, 4.69) is 43.2 Å². The number of aliphatic hydroxyl groups is 1. The van der Waals surface area contributed by atoms with Crippen LogP contribution < -0.4 is 15.4 Å². The smallest absolute Gasteiger partial charge is 0.220 e. The highest BCUT2D eigenvalue weighted by atomic mass is 35.5. The fourth-order valence-electron chi connectivity index (χ4n) is 4.85. The molecule has 0 bridgehead atoms. The lowest BCUT2D eigenvalue weighted by Gasteiger charge is -2.32. The molecule has 0 saturated carbocycles. The zero-order valence-electron chi connectivity index (χ0n) is 24.2. The molecule has 0 unspecified atom stereocenters. The summed E-state index contributed by atoms with van der Waals surface area (Å²) in [6.07, 6.45) is 5.50. The van der Waals surface area contributed by atoms with Crippen LogP contribution in [0.4, 0.5) is 0 Å². The number of likely N-dealkylation sites (tertiary alicyclic amines) is 1. The first-order chi connectivity index (χ1) is 19.9. The molecule has 0 radical (unpaired) electrons. The van der Waals surface area contributed by atoms with Gasteiger partial charge in [-0.15, -0.1) is 0 Å². The molecule has 0 atom stereocenters. The molecular formula is C30H43Cl2N7O2. The maximum atomic E-state index is 9.33. The first-order valence-corrected chi connectivity index (χ1v) is 14.9. The van der Waals surface area contributed by atoms with Crippen LogP contribution in [-0.2, 0) is 6.54 Å². The van der Waals surface area contributed by atoms with Crippen LogP contribution in [0.5, 0.6) is 5.88 Å². The summed E-state index contributed by atoms with van der Waals surface area (Å²) in [4.78, 5) is 17.8. The second-order valence-electron chi connectivity index (χ2n) is 10.2. The van der Waals surface area contributed by atoms with E-state index in [0.29, 0.717) is 47.2 Å². The van der Waals surface area contributed by atoms with Gasteiger partial charge < -0.3 is 20.5 Å². The number of aliphatic imine (C=N–C) groups is 2. The molecule has 9 nitrogen and oxygen atoms in total. The fourth-order valence-corrected chi connectivity index (χ4v) is 5.37. The maximum Gasteiger partial charge on any atom is 0.220 e. The van der Waals surface area contributed by atoms with E-state index in [9.17, 15) is 5.11 Å². The number of nitrogens with one attached hydrogen (secondary N) is 2. The Hall–Kier alpha value is -2.37. The number of pyridine rings is 1. The van der Waals surface area contributed by atoms with Gasteiger partial charge in [0, 0.05) is 54.4 Å². The number of ether oxygens (including phenoxy) is 1. The highest BCUT2D eigenvalue weighted by molar-refractivity contribution is 6.35. The largest absolute Gasteiger partial charge is 0.436 e. The Kier molecular flexibility index (Phi) is 14.7. The van der Waals surface area contributed by atoms with Crippen molar-refractivity contribution in [3.05, 3.63) is 57.9 Å². The van der Waals surface area contributed by atoms with Gasteiger partial charge in [-0.3, -0.25) is 19.8 Å². The van der Waals surface area contributed by atoms with Crippen molar-refractivity contribution in [2.24, 2.45) is 15.9 Å². The summed E-state index contributed by atoms with van der Waals surface area (Å²) < 4.78 is 6.19. The topological polar surface area (TPSA) is 97.6 Å². The van der Waals surface area contributed by atoms with Crippen molar-refractivity contribution in [3.8, 4) is 17.1 Å². The molecule has 0 amide bonds. The first kappa shape index (κ1) is 33.1. The predicted molar refractivity (Wildman–Crippen MR) is 171 cm³/mol. The van der Waals surface area contributed by atoms with Crippen molar-refractivity contribution in [2.45, 2.75) is 19.4 Å². The van der Waals surface area contributed by atoms with E-state index in [1.807, 2.05) is 32.3 Å². The van der Waals surface area contributed by atoms with Crippen LogP contribution in [0, 0.1) is 5.92 Å². The van der Waals surface area contributed by atoms with E-state index in [0.717, 1.165) is 56.1 Å². The lowest BCUT2D eigenvalue weighted by Crippen LogP contribution is -2.36. The molecule has 2 aromatic rings. The molecule has 1 aliphatic heterocycles. The first-order valence-electron chi connectivity index (χ1n) is 14.1. The average molecular weight is 605 g/mol. The third kappa shape index (κ3) is 11.8. The van der Waals surface area contributed by atoms with Gasteiger partial charge in [-0.1, -0.05) is 23.2 Å². The van der Waals surface area contributed by atoms with Crippen molar-refractivity contribution < 1.29 is 9.84 Å². The lowest BCUT2D eigenvalue weighted by atomic mass is 9.96. The minimum Gasteiger partial charge on any atom is -0.436 e. The molecule has 1 aromatic heterocycles. The number of piperidine rings is 1. The molecule has 3 rings (SSSR count). The second-order valence-corrected chi connectivity index (χ2v) is 11.0. The van der Waals surface area contributed by atoms with Crippen LogP contribution in [0.25, 0.3) is 11.3 Å². The third-order valence-electron chi connectivity index (χ3n) is 6.93. The zero-order valence-corrected chi connectivity index (χ0v) is 25.7. The molecule has 1 saturated heterocycles. The summed E-state index contributed by atoms with van der Waals surface area (Å²) >= 11 is 12.6. The number of halogens is 2. The summed E-state index contributed by atoms with van der Waals surface area (Å²) in [6.45, 7) is 11.2. The van der Waals surface area contributed by atoms with Gasteiger partial charge in [0.25, 0.3) is 0 Å². The fraction of sp³-hybridized carbons (Fsp3) is 0.500. The van der Waals surface area contributed by atoms with Gasteiger partial charge in [0.15, 0.2) is 5.76 Å². The second kappa shape index (κ2) is 18.2. The van der Waals surface area contributed by atoms with Crippen molar-refractivity contribution in [1.29, 1.82) is 0 Å². The van der Waals surface area contributed by atoms with E-state index < -0.39 is 0 Å². The van der Waals surface area contributed by atoms with Crippen LogP contribution >= 0.6 is 23.2 Å². The van der Waals surface area contributed by atoms with E-state index in [1.54, 1.807) is 12.3 Å². The number of hydrogen-bond donors (Lipinski definition) is 3. The number of allylic oxidation sites excluding steroid dienone is 1. The molecule has 1 fully saturated rings. The Bertz CT molecular complexity index is 1130. The number of aliphatic hydroxyl groups excluding tert-OH is 1. The summed E-state index contributed by atoms with van der Waals surface area (Å²) in [5.41, 5.74) is 2.62. The minimum atomic E-state index is 0.109. The van der Waals surface area contributed by atoms with Gasteiger partial charge in [0.05, 0.1) is 31.3 Å². The predicted octanol–water partition coefficient (Wildman–Crippen LogP) is 3.99. The van der Waals surface area contributed by atoms with Crippen molar-refractivity contribution in [3.63, 3.8) is 0 Å². The van der Waals surface area contributed by atoms with Gasteiger partial charge in [-0.25, -0.2) is 4.98 Å². The van der Waals surface area contributed by atoms with E-state index in [1.165, 1.54) is 19.0 Å². The molecule has 41 heavy (non-hydrogen) atoms. The Labute approximate surface area is 254 Å². The van der Waals surface area contributed by atoms with Gasteiger partial charge in [0.2, 0.25) is 5.88 Å². The molecule has 11 heteroatoms. The van der Waals surface area contributed by atoms with Crippen LogP contribution in [-0.4, -0.2) is 106 Å². The number of rotatable bonds is 17. The van der Waals surface area contributed by atoms with Gasteiger partial charge >= 0.3 is 0 Å². The molecule has 0 spiro atoms.